The molecule has 1 aliphatic rings. The van der Waals surface area contributed by atoms with Crippen LogP contribution < -0.4 is 15.8 Å². The van der Waals surface area contributed by atoms with Gasteiger partial charge in [-0.2, -0.15) is 0 Å². The monoisotopic (exact) mass is 367 g/mol. The van der Waals surface area contributed by atoms with Crippen LogP contribution in [0.2, 0.25) is 0 Å². The molecule has 1 aliphatic carbocycles. The molecule has 8 heteroatoms. The second kappa shape index (κ2) is 7.53. The van der Waals surface area contributed by atoms with E-state index >= 15 is 0 Å². The number of primary sulfonamides is 1. The molecule has 0 heterocycles. The molecule has 2 rings (SSSR count). The number of carbonyl (C=O) groups is 2. The van der Waals surface area contributed by atoms with Crippen LogP contribution in [0.4, 0.5) is 0 Å². The van der Waals surface area contributed by atoms with Crippen LogP contribution in [0.25, 0.3) is 0 Å². The molecule has 25 heavy (non-hydrogen) atoms. The molecule has 0 unspecified atom stereocenters. The fourth-order valence-electron chi connectivity index (χ4n) is 2.48. The third-order valence-electron chi connectivity index (χ3n) is 4.24. The highest BCUT2D eigenvalue weighted by atomic mass is 32.2. The zero-order chi connectivity index (χ0) is 18.7. The first-order valence-electron chi connectivity index (χ1n) is 8.33. The smallest absolute Gasteiger partial charge is 0.238 e. The summed E-state index contributed by atoms with van der Waals surface area (Å²) in [6, 6.07) is 6.20. The maximum Gasteiger partial charge on any atom is 0.238 e. The largest absolute Gasteiger partial charge is 0.355 e. The van der Waals surface area contributed by atoms with Crippen molar-refractivity contribution in [2.45, 2.75) is 38.0 Å². The van der Waals surface area contributed by atoms with E-state index in [1.54, 1.807) is 12.1 Å². The minimum absolute atomic E-state index is 0.0547. The van der Waals surface area contributed by atoms with Gasteiger partial charge in [-0.15, -0.1) is 0 Å². The van der Waals surface area contributed by atoms with Gasteiger partial charge in [-0.05, 0) is 42.9 Å². The van der Waals surface area contributed by atoms with E-state index < -0.39 is 15.4 Å². The molecule has 1 aromatic rings. The lowest BCUT2D eigenvalue weighted by Gasteiger charge is -2.16. The summed E-state index contributed by atoms with van der Waals surface area (Å²) in [5.41, 5.74) is -0.0337. The molecule has 0 saturated heterocycles. The van der Waals surface area contributed by atoms with Crippen molar-refractivity contribution in [2.75, 3.05) is 13.1 Å². The van der Waals surface area contributed by atoms with E-state index in [1.165, 1.54) is 12.1 Å². The highest BCUT2D eigenvalue weighted by molar-refractivity contribution is 7.89. The highest BCUT2D eigenvalue weighted by Crippen LogP contribution is 2.46. The lowest BCUT2D eigenvalue weighted by Crippen LogP contribution is -2.44. The molecule has 0 radical (unpaired) electrons. The van der Waals surface area contributed by atoms with Crippen LogP contribution in [0.15, 0.2) is 29.2 Å². The van der Waals surface area contributed by atoms with Crippen LogP contribution in [0.1, 0.15) is 32.3 Å². The Morgan fingerprint density at radius 2 is 1.68 bits per heavy atom. The first-order valence-corrected chi connectivity index (χ1v) is 9.88. The number of amides is 2. The second-order valence-electron chi connectivity index (χ2n) is 6.88. The van der Waals surface area contributed by atoms with Crippen molar-refractivity contribution >= 4 is 21.8 Å². The van der Waals surface area contributed by atoms with Crippen LogP contribution in [0, 0.1) is 11.3 Å². The van der Waals surface area contributed by atoms with Crippen molar-refractivity contribution in [3.8, 4) is 0 Å². The van der Waals surface area contributed by atoms with Gasteiger partial charge in [-0.3, -0.25) is 9.59 Å². The van der Waals surface area contributed by atoms with Crippen molar-refractivity contribution < 1.29 is 18.0 Å². The number of benzene rings is 1. The lowest BCUT2D eigenvalue weighted by atomic mass is 10.0. The van der Waals surface area contributed by atoms with Crippen molar-refractivity contribution in [1.29, 1.82) is 0 Å². The van der Waals surface area contributed by atoms with Crippen LogP contribution in [0.3, 0.4) is 0 Å². The molecule has 138 valence electrons. The fourth-order valence-corrected chi connectivity index (χ4v) is 3.00. The minimum Gasteiger partial charge on any atom is -0.355 e. The third-order valence-corrected chi connectivity index (χ3v) is 5.17. The van der Waals surface area contributed by atoms with Crippen LogP contribution in [0.5, 0.6) is 0 Å². The average molecular weight is 367 g/mol. The zero-order valence-electron chi connectivity index (χ0n) is 14.5. The Morgan fingerprint density at radius 3 is 2.16 bits per heavy atom. The molecule has 0 atom stereocenters. The quantitative estimate of drug-likeness (QED) is 0.581. The summed E-state index contributed by atoms with van der Waals surface area (Å²) in [6.45, 7) is 4.94. The van der Waals surface area contributed by atoms with E-state index in [0.29, 0.717) is 38.3 Å². The summed E-state index contributed by atoms with van der Waals surface area (Å²) in [6.07, 6.45) is 1.69. The summed E-state index contributed by atoms with van der Waals surface area (Å²) in [4.78, 5) is 24.6. The van der Waals surface area contributed by atoms with Crippen LogP contribution >= 0.6 is 0 Å². The standard InChI is InChI=1S/C17H25N3O4S/c1-12(2)11-20-16(22)17(8-9-17)15(21)19-10-7-13-3-5-14(6-4-13)25(18,23)24/h3-6,12H,7-11H2,1-2H3,(H,19,21)(H,20,22)(H2,18,23,24). The van der Waals surface area contributed by atoms with Gasteiger partial charge in [0.15, 0.2) is 0 Å². The Balaban J connectivity index is 1.83. The summed E-state index contributed by atoms with van der Waals surface area (Å²) < 4.78 is 22.4. The van der Waals surface area contributed by atoms with Crippen molar-refractivity contribution in [1.82, 2.24) is 10.6 Å². The molecule has 0 spiro atoms. The van der Waals surface area contributed by atoms with E-state index in [0.717, 1.165) is 5.56 Å². The first kappa shape index (κ1) is 19.4. The minimum atomic E-state index is -3.70. The molecule has 1 aromatic carbocycles. The number of rotatable bonds is 8. The summed E-state index contributed by atoms with van der Waals surface area (Å²) >= 11 is 0. The van der Waals surface area contributed by atoms with Gasteiger partial charge in [-0.25, -0.2) is 13.6 Å². The van der Waals surface area contributed by atoms with Gasteiger partial charge < -0.3 is 10.6 Å². The summed E-state index contributed by atoms with van der Waals surface area (Å²) in [7, 11) is -3.70. The lowest BCUT2D eigenvalue weighted by molar-refractivity contribution is -0.137. The maximum atomic E-state index is 12.3. The predicted octanol–water partition coefficient (Wildman–Crippen LogP) is 0.545. The Hall–Kier alpha value is -1.93. The van der Waals surface area contributed by atoms with Crippen LogP contribution in [-0.2, 0) is 26.0 Å². The Kier molecular flexibility index (Phi) is 5.84. The average Bonchev–Trinajstić information content (AvgIpc) is 3.34. The maximum absolute atomic E-state index is 12.3. The SMILES string of the molecule is CC(C)CNC(=O)C1(C(=O)NCCc2ccc(S(N)(=O)=O)cc2)CC1. The number of carbonyl (C=O) groups excluding carboxylic acids is 2. The molecular formula is C17H25N3O4S. The van der Waals surface area contributed by atoms with Gasteiger partial charge in [0.25, 0.3) is 0 Å². The van der Waals surface area contributed by atoms with Gasteiger partial charge in [-0.1, -0.05) is 26.0 Å². The topological polar surface area (TPSA) is 118 Å². The fraction of sp³-hybridized carbons (Fsp3) is 0.529. The van der Waals surface area contributed by atoms with Gasteiger partial charge in [0.05, 0.1) is 4.90 Å². The number of nitrogens with two attached hydrogens (primary N) is 1. The Morgan fingerprint density at radius 1 is 1.12 bits per heavy atom. The Labute approximate surface area is 148 Å². The van der Waals surface area contributed by atoms with Crippen LogP contribution in [-0.4, -0.2) is 33.3 Å². The molecule has 0 aromatic heterocycles. The normalized spacial score (nSPS) is 15.7. The first-order chi connectivity index (χ1) is 11.6. The third kappa shape index (κ3) is 5.02. The van der Waals surface area contributed by atoms with Crippen molar-refractivity contribution in [3.05, 3.63) is 29.8 Å². The summed E-state index contributed by atoms with van der Waals surface area (Å²) in [5.74, 6) is -0.103. The highest BCUT2D eigenvalue weighted by Gasteiger charge is 2.56. The summed E-state index contributed by atoms with van der Waals surface area (Å²) in [5, 5.41) is 10.7. The molecule has 1 saturated carbocycles. The van der Waals surface area contributed by atoms with Gasteiger partial charge in [0.1, 0.15) is 5.41 Å². The second-order valence-corrected chi connectivity index (χ2v) is 8.44. The number of hydrogen-bond acceptors (Lipinski definition) is 4. The van der Waals surface area contributed by atoms with Gasteiger partial charge >= 0.3 is 0 Å². The van der Waals surface area contributed by atoms with E-state index in [4.69, 9.17) is 5.14 Å². The number of sulfonamides is 1. The molecule has 0 aliphatic heterocycles. The number of nitrogens with one attached hydrogen (secondary N) is 2. The molecular weight excluding hydrogens is 342 g/mol. The van der Waals surface area contributed by atoms with Gasteiger partial charge in [0.2, 0.25) is 21.8 Å². The molecule has 4 N–H and O–H groups in total. The van der Waals surface area contributed by atoms with E-state index in [2.05, 4.69) is 10.6 Å². The Bertz CT molecular complexity index is 738. The van der Waals surface area contributed by atoms with E-state index in [9.17, 15) is 18.0 Å². The molecule has 7 nitrogen and oxygen atoms in total. The van der Waals surface area contributed by atoms with Crippen molar-refractivity contribution in [2.24, 2.45) is 16.5 Å². The van der Waals surface area contributed by atoms with E-state index in [1.807, 2.05) is 13.8 Å². The molecule has 0 bridgehead atoms. The molecule has 2 amide bonds. The predicted molar refractivity (Wildman–Crippen MR) is 94.0 cm³/mol. The zero-order valence-corrected chi connectivity index (χ0v) is 15.4. The number of hydrogen-bond donors (Lipinski definition) is 3. The van der Waals surface area contributed by atoms with Crippen molar-refractivity contribution in [3.63, 3.8) is 0 Å². The molecule has 1 fully saturated rings. The van der Waals surface area contributed by atoms with Gasteiger partial charge in [0, 0.05) is 13.1 Å². The van der Waals surface area contributed by atoms with E-state index in [-0.39, 0.29) is 16.7 Å².